The van der Waals surface area contributed by atoms with Gasteiger partial charge in [0, 0.05) is 16.6 Å². The van der Waals surface area contributed by atoms with E-state index in [-0.39, 0.29) is 0 Å². The van der Waals surface area contributed by atoms with Gasteiger partial charge >= 0.3 is 6.18 Å². The number of rotatable bonds is 7. The van der Waals surface area contributed by atoms with Crippen LogP contribution in [0.15, 0.2) is 42.5 Å². The molecule has 2 aromatic carbocycles. The number of unbranched alkanes of at least 4 members (excludes halogenated alkanes) is 1. The van der Waals surface area contributed by atoms with Gasteiger partial charge in [0.2, 0.25) is 0 Å². The third kappa shape index (κ3) is 4.27. The van der Waals surface area contributed by atoms with Crippen LogP contribution in [0, 0.1) is 0 Å². The third-order valence-electron chi connectivity index (χ3n) is 4.57. The van der Waals surface area contributed by atoms with Crippen molar-refractivity contribution in [2.45, 2.75) is 32.4 Å². The molecule has 3 rings (SSSR count). The molecule has 0 bridgehead atoms. The van der Waals surface area contributed by atoms with Crippen molar-refractivity contribution in [1.82, 2.24) is 4.98 Å². The maximum absolute atomic E-state index is 12.9. The van der Waals surface area contributed by atoms with Gasteiger partial charge in [0.1, 0.15) is 5.75 Å². The average molecular weight is 376 g/mol. The van der Waals surface area contributed by atoms with Gasteiger partial charge in [0.05, 0.1) is 12.2 Å². The zero-order valence-corrected chi connectivity index (χ0v) is 15.2. The molecule has 0 unspecified atom stereocenters. The molecule has 0 radical (unpaired) electrons. The topological polar surface area (TPSA) is 51.0 Å². The number of nitrogens with one attached hydrogen (secondary N) is 1. The van der Waals surface area contributed by atoms with E-state index in [1.807, 2.05) is 25.1 Å². The first-order valence-corrected chi connectivity index (χ1v) is 9.09. The summed E-state index contributed by atoms with van der Waals surface area (Å²) in [5.41, 5.74) is 8.58. The van der Waals surface area contributed by atoms with Crippen molar-refractivity contribution in [1.29, 1.82) is 0 Å². The van der Waals surface area contributed by atoms with Gasteiger partial charge in [-0.3, -0.25) is 0 Å². The van der Waals surface area contributed by atoms with E-state index in [1.165, 1.54) is 12.1 Å². The number of ether oxygens (including phenoxy) is 1. The van der Waals surface area contributed by atoms with Crippen LogP contribution >= 0.6 is 0 Å². The molecule has 0 aliphatic heterocycles. The first-order valence-electron chi connectivity index (χ1n) is 9.09. The number of benzene rings is 2. The number of nitrogens with two attached hydrogens (primary N) is 1. The van der Waals surface area contributed by atoms with E-state index in [9.17, 15) is 13.2 Å². The number of fused-ring (bicyclic) bond motifs is 1. The van der Waals surface area contributed by atoms with Crippen LogP contribution in [-0.2, 0) is 12.6 Å². The van der Waals surface area contributed by atoms with Crippen molar-refractivity contribution >= 4 is 10.9 Å². The first-order chi connectivity index (χ1) is 12.9. The normalized spacial score (nSPS) is 11.9. The number of hydrogen-bond acceptors (Lipinski definition) is 2. The van der Waals surface area contributed by atoms with Crippen LogP contribution in [-0.4, -0.2) is 18.1 Å². The second-order valence-corrected chi connectivity index (χ2v) is 6.44. The molecule has 0 aliphatic rings. The number of H-pyrrole nitrogens is 1. The largest absolute Gasteiger partial charge is 0.494 e. The highest BCUT2D eigenvalue weighted by atomic mass is 19.4. The minimum absolute atomic E-state index is 0.574. The Hall–Kier alpha value is -2.47. The van der Waals surface area contributed by atoms with E-state index in [0.29, 0.717) is 13.2 Å². The quantitative estimate of drug-likeness (QED) is 0.533. The highest BCUT2D eigenvalue weighted by molar-refractivity contribution is 5.91. The van der Waals surface area contributed by atoms with Crippen LogP contribution < -0.4 is 10.5 Å². The van der Waals surface area contributed by atoms with Gasteiger partial charge in [0.15, 0.2) is 0 Å². The van der Waals surface area contributed by atoms with E-state index in [0.717, 1.165) is 64.9 Å². The lowest BCUT2D eigenvalue weighted by Gasteiger charge is -2.09. The first kappa shape index (κ1) is 19.3. The van der Waals surface area contributed by atoms with Gasteiger partial charge in [-0.25, -0.2) is 0 Å². The van der Waals surface area contributed by atoms with Crippen molar-refractivity contribution in [2.75, 3.05) is 13.2 Å². The molecular formula is C21H23F3N2O. The Morgan fingerprint density at radius 3 is 2.41 bits per heavy atom. The molecule has 3 aromatic rings. The smallest absolute Gasteiger partial charge is 0.416 e. The predicted molar refractivity (Wildman–Crippen MR) is 102 cm³/mol. The highest BCUT2D eigenvalue weighted by Crippen LogP contribution is 2.35. The Morgan fingerprint density at radius 2 is 1.78 bits per heavy atom. The molecule has 0 saturated heterocycles. The summed E-state index contributed by atoms with van der Waals surface area (Å²) in [4.78, 5) is 3.37. The Bertz CT molecular complexity index is 898. The van der Waals surface area contributed by atoms with Crippen LogP contribution in [0.25, 0.3) is 22.2 Å². The molecule has 0 saturated carbocycles. The van der Waals surface area contributed by atoms with Crippen molar-refractivity contribution < 1.29 is 17.9 Å². The Kier molecular flexibility index (Phi) is 5.75. The van der Waals surface area contributed by atoms with Gasteiger partial charge < -0.3 is 15.5 Å². The second-order valence-electron chi connectivity index (χ2n) is 6.44. The molecule has 0 amide bonds. The van der Waals surface area contributed by atoms with E-state index >= 15 is 0 Å². The lowest BCUT2D eigenvalue weighted by atomic mass is 9.99. The molecule has 0 spiro atoms. The maximum atomic E-state index is 12.9. The van der Waals surface area contributed by atoms with Crippen LogP contribution in [0.2, 0.25) is 0 Å². The molecule has 1 heterocycles. The zero-order valence-electron chi connectivity index (χ0n) is 15.2. The van der Waals surface area contributed by atoms with E-state index in [4.69, 9.17) is 10.5 Å². The minimum Gasteiger partial charge on any atom is -0.494 e. The number of alkyl halides is 3. The average Bonchev–Trinajstić information content (AvgIpc) is 3.00. The number of aromatic amines is 1. The van der Waals surface area contributed by atoms with Crippen molar-refractivity contribution in [3.8, 4) is 17.0 Å². The van der Waals surface area contributed by atoms with E-state index < -0.39 is 11.7 Å². The molecule has 0 aliphatic carbocycles. The molecule has 144 valence electrons. The monoisotopic (exact) mass is 376 g/mol. The van der Waals surface area contributed by atoms with Crippen LogP contribution in [0.1, 0.15) is 30.9 Å². The Balaban J connectivity index is 2.05. The summed E-state index contributed by atoms with van der Waals surface area (Å²) < 4.78 is 44.2. The van der Waals surface area contributed by atoms with Crippen LogP contribution in [0.3, 0.4) is 0 Å². The fourth-order valence-corrected chi connectivity index (χ4v) is 3.26. The summed E-state index contributed by atoms with van der Waals surface area (Å²) in [6.45, 7) is 3.11. The molecule has 0 atom stereocenters. The molecular weight excluding hydrogens is 353 g/mol. The molecule has 27 heavy (non-hydrogen) atoms. The van der Waals surface area contributed by atoms with Crippen molar-refractivity contribution in [2.24, 2.45) is 5.73 Å². The number of aryl methyl sites for hydroxylation is 1. The Labute approximate surface area is 156 Å². The van der Waals surface area contributed by atoms with Crippen LogP contribution in [0.5, 0.6) is 5.75 Å². The van der Waals surface area contributed by atoms with E-state index in [2.05, 4.69) is 4.98 Å². The fourth-order valence-electron chi connectivity index (χ4n) is 3.26. The lowest BCUT2D eigenvalue weighted by molar-refractivity contribution is -0.137. The zero-order chi connectivity index (χ0) is 19.4. The molecule has 6 heteroatoms. The lowest BCUT2D eigenvalue weighted by Crippen LogP contribution is -2.04. The van der Waals surface area contributed by atoms with Gasteiger partial charge in [-0.15, -0.1) is 0 Å². The molecule has 3 nitrogen and oxygen atoms in total. The van der Waals surface area contributed by atoms with E-state index in [1.54, 1.807) is 0 Å². The van der Waals surface area contributed by atoms with Gasteiger partial charge in [-0.05, 0) is 74.2 Å². The van der Waals surface area contributed by atoms with Gasteiger partial charge in [-0.2, -0.15) is 13.2 Å². The SMILES string of the molecule is CCOc1ccc2[nH]c(-c3ccc(C(F)(F)F)cc3)c(CCCCN)c2c1. The van der Waals surface area contributed by atoms with Gasteiger partial charge in [0.25, 0.3) is 0 Å². The van der Waals surface area contributed by atoms with Gasteiger partial charge in [-0.1, -0.05) is 12.1 Å². The summed E-state index contributed by atoms with van der Waals surface area (Å²) in [7, 11) is 0. The number of hydrogen-bond donors (Lipinski definition) is 2. The third-order valence-corrected chi connectivity index (χ3v) is 4.57. The van der Waals surface area contributed by atoms with Crippen molar-refractivity contribution in [3.63, 3.8) is 0 Å². The summed E-state index contributed by atoms with van der Waals surface area (Å²) >= 11 is 0. The highest BCUT2D eigenvalue weighted by Gasteiger charge is 2.30. The van der Waals surface area contributed by atoms with Crippen molar-refractivity contribution in [3.05, 3.63) is 53.6 Å². The number of halogens is 3. The Morgan fingerprint density at radius 1 is 1.04 bits per heavy atom. The summed E-state index contributed by atoms with van der Waals surface area (Å²) in [5, 5.41) is 1.04. The molecule has 1 aromatic heterocycles. The summed E-state index contributed by atoms with van der Waals surface area (Å²) in [6, 6.07) is 11.1. The number of aromatic nitrogens is 1. The minimum atomic E-state index is -4.34. The summed E-state index contributed by atoms with van der Waals surface area (Å²) in [5.74, 6) is 0.781. The maximum Gasteiger partial charge on any atom is 0.416 e. The summed E-state index contributed by atoms with van der Waals surface area (Å²) in [6.07, 6.45) is -1.74. The molecule has 0 fully saturated rings. The second kappa shape index (κ2) is 8.05. The van der Waals surface area contributed by atoms with Crippen LogP contribution in [0.4, 0.5) is 13.2 Å². The fraction of sp³-hybridized carbons (Fsp3) is 0.333. The predicted octanol–water partition coefficient (Wildman–Crippen LogP) is 5.53. The standard InChI is InChI=1S/C21H23F3N2O/c1-2-27-16-10-11-19-18(13-16)17(5-3-4-12-25)20(26-19)14-6-8-15(9-7-14)21(22,23)24/h6-11,13,26H,2-5,12,25H2,1H3. The molecule has 3 N–H and O–H groups in total.